The lowest BCUT2D eigenvalue weighted by atomic mass is 10.2. The Hall–Kier alpha value is -3.65. The summed E-state index contributed by atoms with van der Waals surface area (Å²) in [6.07, 6.45) is 3.54. The third kappa shape index (κ3) is 3.34. The van der Waals surface area contributed by atoms with Gasteiger partial charge in [-0.3, -0.25) is 9.88 Å². The van der Waals surface area contributed by atoms with Crippen LogP contribution in [0.15, 0.2) is 60.9 Å². The molecule has 3 heterocycles. The third-order valence-corrected chi connectivity index (χ3v) is 5.66. The van der Waals surface area contributed by atoms with Gasteiger partial charge in [0.1, 0.15) is 5.01 Å². The molecule has 1 aliphatic heterocycles. The number of amides is 2. The van der Waals surface area contributed by atoms with Crippen LogP contribution in [0.3, 0.4) is 0 Å². The summed E-state index contributed by atoms with van der Waals surface area (Å²) in [6, 6.07) is 14.7. The van der Waals surface area contributed by atoms with E-state index in [9.17, 15) is 4.79 Å². The minimum atomic E-state index is -0.255. The summed E-state index contributed by atoms with van der Waals surface area (Å²) in [5.74, 6) is 1.32. The van der Waals surface area contributed by atoms with Gasteiger partial charge in [0.05, 0.1) is 10.2 Å². The van der Waals surface area contributed by atoms with Gasteiger partial charge in [0.25, 0.3) is 0 Å². The number of aromatic nitrogens is 2. The second kappa shape index (κ2) is 7.06. The first-order chi connectivity index (χ1) is 14.2. The minimum Gasteiger partial charge on any atom is -0.454 e. The van der Waals surface area contributed by atoms with Crippen LogP contribution in [0, 0.1) is 0 Å². The highest BCUT2D eigenvalue weighted by Crippen LogP contribution is 2.35. The highest BCUT2D eigenvalue weighted by Gasteiger charge is 2.18. The van der Waals surface area contributed by atoms with Gasteiger partial charge < -0.3 is 14.8 Å². The van der Waals surface area contributed by atoms with E-state index in [-0.39, 0.29) is 12.8 Å². The Balaban J connectivity index is 1.36. The molecule has 0 atom stereocenters. The predicted molar refractivity (Wildman–Crippen MR) is 113 cm³/mol. The molecule has 8 heteroatoms. The van der Waals surface area contributed by atoms with E-state index >= 15 is 0 Å². The van der Waals surface area contributed by atoms with Gasteiger partial charge in [-0.2, -0.15) is 0 Å². The number of carbonyl (C=O) groups is 1. The van der Waals surface area contributed by atoms with Crippen molar-refractivity contribution in [1.29, 1.82) is 0 Å². The number of hydrogen-bond acceptors (Lipinski definition) is 6. The second-order valence-corrected chi connectivity index (χ2v) is 7.50. The number of nitrogens with one attached hydrogen (secondary N) is 1. The van der Waals surface area contributed by atoms with Crippen molar-refractivity contribution in [3.05, 3.63) is 60.9 Å². The average Bonchev–Trinajstić information content (AvgIpc) is 3.39. The quantitative estimate of drug-likeness (QED) is 0.533. The first kappa shape index (κ1) is 17.4. The molecule has 0 fully saturated rings. The Labute approximate surface area is 170 Å². The van der Waals surface area contributed by atoms with Crippen LogP contribution in [0.2, 0.25) is 0 Å². The van der Waals surface area contributed by atoms with Gasteiger partial charge in [0.15, 0.2) is 11.5 Å². The summed E-state index contributed by atoms with van der Waals surface area (Å²) in [5.41, 5.74) is 3.26. The molecular formula is C21H16N4O3S. The summed E-state index contributed by atoms with van der Waals surface area (Å²) in [4.78, 5) is 23.0. The van der Waals surface area contributed by atoms with Crippen molar-refractivity contribution in [1.82, 2.24) is 9.97 Å². The molecule has 0 unspecified atom stereocenters. The van der Waals surface area contributed by atoms with E-state index < -0.39 is 0 Å². The fourth-order valence-corrected chi connectivity index (χ4v) is 3.98. The number of fused-ring (bicyclic) bond motifs is 2. The number of thiazole rings is 1. The average molecular weight is 404 g/mol. The summed E-state index contributed by atoms with van der Waals surface area (Å²) in [5, 5.41) is 3.81. The maximum Gasteiger partial charge on any atom is 0.326 e. The molecule has 144 valence electrons. The van der Waals surface area contributed by atoms with Crippen molar-refractivity contribution in [2.75, 3.05) is 24.1 Å². The van der Waals surface area contributed by atoms with E-state index in [2.05, 4.69) is 15.3 Å². The molecule has 5 rings (SSSR count). The highest BCUT2D eigenvalue weighted by atomic mass is 32.1. The van der Waals surface area contributed by atoms with Crippen molar-refractivity contribution in [2.24, 2.45) is 0 Å². The van der Waals surface area contributed by atoms with Crippen molar-refractivity contribution in [3.63, 3.8) is 0 Å². The molecule has 1 aliphatic rings. The number of pyridine rings is 1. The molecule has 0 saturated carbocycles. The molecule has 0 aliphatic carbocycles. The first-order valence-corrected chi connectivity index (χ1v) is 9.74. The maximum atomic E-state index is 12.7. The van der Waals surface area contributed by atoms with Gasteiger partial charge in [-0.25, -0.2) is 9.78 Å². The van der Waals surface area contributed by atoms with E-state index in [4.69, 9.17) is 9.47 Å². The van der Waals surface area contributed by atoms with Gasteiger partial charge in [-0.1, -0.05) is 12.1 Å². The van der Waals surface area contributed by atoms with E-state index in [1.54, 1.807) is 36.7 Å². The molecular weight excluding hydrogens is 388 g/mol. The van der Waals surface area contributed by atoms with Crippen LogP contribution in [0.25, 0.3) is 20.8 Å². The number of rotatable bonds is 3. The van der Waals surface area contributed by atoms with E-state index in [0.717, 1.165) is 20.8 Å². The predicted octanol–water partition coefficient (Wildman–Crippen LogP) is 4.76. The number of ether oxygens (including phenoxy) is 2. The van der Waals surface area contributed by atoms with Crippen LogP contribution in [0.1, 0.15) is 0 Å². The van der Waals surface area contributed by atoms with Crippen molar-refractivity contribution in [2.45, 2.75) is 0 Å². The summed E-state index contributed by atoms with van der Waals surface area (Å²) in [6.45, 7) is 0.198. The smallest absolute Gasteiger partial charge is 0.326 e. The van der Waals surface area contributed by atoms with Crippen LogP contribution in [-0.4, -0.2) is 29.8 Å². The topological polar surface area (TPSA) is 76.6 Å². The lowest BCUT2D eigenvalue weighted by Crippen LogP contribution is -2.31. The number of hydrogen-bond donors (Lipinski definition) is 1. The molecule has 29 heavy (non-hydrogen) atoms. The Morgan fingerprint density at radius 3 is 2.93 bits per heavy atom. The summed E-state index contributed by atoms with van der Waals surface area (Å²) < 4.78 is 11.7. The Bertz CT molecular complexity index is 1190. The molecule has 0 saturated heterocycles. The fraction of sp³-hybridized carbons (Fsp3) is 0.0952. The Kier molecular flexibility index (Phi) is 4.25. The zero-order valence-electron chi connectivity index (χ0n) is 15.5. The van der Waals surface area contributed by atoms with E-state index in [1.165, 1.54) is 4.90 Å². The second-order valence-electron chi connectivity index (χ2n) is 6.47. The van der Waals surface area contributed by atoms with Crippen molar-refractivity contribution >= 4 is 39.0 Å². The lowest BCUT2D eigenvalue weighted by molar-refractivity contribution is 0.174. The largest absolute Gasteiger partial charge is 0.454 e. The maximum absolute atomic E-state index is 12.7. The monoisotopic (exact) mass is 404 g/mol. The van der Waals surface area contributed by atoms with Crippen molar-refractivity contribution < 1.29 is 14.3 Å². The number of carbonyl (C=O) groups excluding carboxylic acids is 1. The molecule has 4 aromatic rings. The fourth-order valence-electron chi connectivity index (χ4n) is 3.05. The van der Waals surface area contributed by atoms with Crippen LogP contribution >= 0.6 is 11.3 Å². The van der Waals surface area contributed by atoms with Crippen LogP contribution < -0.4 is 19.7 Å². The molecule has 0 radical (unpaired) electrons. The van der Waals surface area contributed by atoms with Gasteiger partial charge in [0, 0.05) is 42.4 Å². The lowest BCUT2D eigenvalue weighted by Gasteiger charge is -2.18. The molecule has 1 N–H and O–H groups in total. The number of anilines is 2. The van der Waals surface area contributed by atoms with Crippen LogP contribution in [-0.2, 0) is 0 Å². The molecule has 2 aromatic carbocycles. The van der Waals surface area contributed by atoms with E-state index in [0.29, 0.717) is 22.9 Å². The number of nitrogens with zero attached hydrogens (tertiary/aromatic N) is 3. The van der Waals surface area contributed by atoms with Crippen LogP contribution in [0.5, 0.6) is 11.5 Å². The third-order valence-electron chi connectivity index (χ3n) is 4.60. The summed E-state index contributed by atoms with van der Waals surface area (Å²) in [7, 11) is 1.71. The van der Waals surface area contributed by atoms with Gasteiger partial charge in [-0.05, 0) is 30.3 Å². The zero-order valence-corrected chi connectivity index (χ0v) is 16.3. The standard InChI is InChI=1S/C21H16N4O3S/c1-25(15-5-6-17-18(10-15)28-12-27-17)21(26)23-14-4-2-3-13(9-14)20-24-16-7-8-22-11-19(16)29-20/h2-11H,12H2,1H3,(H,23,26). The highest BCUT2D eigenvalue weighted by molar-refractivity contribution is 7.21. The normalized spacial score (nSPS) is 12.2. The Morgan fingerprint density at radius 2 is 2.03 bits per heavy atom. The molecule has 2 amide bonds. The molecule has 7 nitrogen and oxygen atoms in total. The molecule has 0 spiro atoms. The SMILES string of the molecule is CN(C(=O)Nc1cccc(-c2nc3ccncc3s2)c1)c1ccc2c(c1)OCO2. The first-order valence-electron chi connectivity index (χ1n) is 8.93. The van der Waals surface area contributed by atoms with Gasteiger partial charge in [0.2, 0.25) is 6.79 Å². The van der Waals surface area contributed by atoms with Gasteiger partial charge >= 0.3 is 6.03 Å². The Morgan fingerprint density at radius 1 is 1.14 bits per heavy atom. The number of benzene rings is 2. The van der Waals surface area contributed by atoms with E-state index in [1.807, 2.05) is 42.6 Å². The zero-order chi connectivity index (χ0) is 19.8. The van der Waals surface area contributed by atoms with Crippen LogP contribution in [0.4, 0.5) is 16.2 Å². The molecule has 2 aromatic heterocycles. The minimum absolute atomic E-state index is 0.198. The summed E-state index contributed by atoms with van der Waals surface area (Å²) >= 11 is 1.57. The van der Waals surface area contributed by atoms with Crippen molar-refractivity contribution in [3.8, 4) is 22.1 Å². The number of urea groups is 1. The molecule has 0 bridgehead atoms. The van der Waals surface area contributed by atoms with Gasteiger partial charge in [-0.15, -0.1) is 11.3 Å².